The summed E-state index contributed by atoms with van der Waals surface area (Å²) in [4.78, 5) is 90.6. The van der Waals surface area contributed by atoms with Gasteiger partial charge in [-0.25, -0.2) is 4.79 Å². The van der Waals surface area contributed by atoms with Crippen molar-refractivity contribution in [2.45, 2.75) is 148 Å². The van der Waals surface area contributed by atoms with Crippen molar-refractivity contribution in [3.05, 3.63) is 29.8 Å². The zero-order valence-electron chi connectivity index (χ0n) is 34.3. The van der Waals surface area contributed by atoms with Crippen LogP contribution in [0.25, 0.3) is 0 Å². The Morgan fingerprint density at radius 1 is 0.696 bits per heavy atom. The molecule has 1 aromatic rings. The van der Waals surface area contributed by atoms with Crippen LogP contribution in [-0.4, -0.2) is 107 Å². The number of unbranched alkanes of at least 4 members (excludes halogenated alkanes) is 1. The Hall–Kier alpha value is -4.97. The van der Waals surface area contributed by atoms with Crippen molar-refractivity contribution in [3.63, 3.8) is 0 Å². The Kier molecular flexibility index (Phi) is 19.2. The van der Waals surface area contributed by atoms with E-state index in [2.05, 4.69) is 26.6 Å². The number of carbonyl (C=O) groups excluding carboxylic acids is 7. The standard InChI is InChI=1S/C38H63N7O11/c1-22(30(40)48)42-32(50)26(13-11-12-18-41-35(53)56-38(8,9)10)43-33(51)27(19-23-14-16-24(17-15-23)54-36(2,3)4)45-34(52)28(44-31(49)25(39)21-46)20-29(47)55-37(5,6)7/h14-17,22,25-28,46H,11-13,18-21,39H2,1-10H3,(H2,40,48)(H,41,53)(H,42,50)(H,43,51)(H,44,49)(H,45,52)/t22-,25-,26-,27-,28-/m0/s1. The smallest absolute Gasteiger partial charge is 0.407 e. The Morgan fingerprint density at radius 2 is 1.21 bits per heavy atom. The fourth-order valence-electron chi connectivity index (χ4n) is 4.79. The molecule has 0 saturated carbocycles. The highest BCUT2D eigenvalue weighted by molar-refractivity contribution is 5.97. The van der Waals surface area contributed by atoms with Crippen molar-refractivity contribution in [2.24, 2.45) is 11.5 Å². The molecule has 0 aromatic heterocycles. The van der Waals surface area contributed by atoms with Gasteiger partial charge in [0.25, 0.3) is 0 Å². The maximum absolute atomic E-state index is 14.1. The minimum absolute atomic E-state index is 0.0505. The van der Waals surface area contributed by atoms with Crippen LogP contribution < -0.4 is 42.8 Å². The van der Waals surface area contributed by atoms with E-state index >= 15 is 0 Å². The first-order chi connectivity index (χ1) is 25.7. The van der Waals surface area contributed by atoms with Gasteiger partial charge in [0.1, 0.15) is 52.8 Å². The van der Waals surface area contributed by atoms with E-state index in [9.17, 15) is 38.7 Å². The average Bonchev–Trinajstić information content (AvgIpc) is 3.04. The number of amides is 6. The third-order valence-corrected chi connectivity index (χ3v) is 7.38. The van der Waals surface area contributed by atoms with Crippen molar-refractivity contribution in [1.29, 1.82) is 0 Å². The molecule has 0 spiro atoms. The Balaban J connectivity index is 3.45. The van der Waals surface area contributed by atoms with Crippen LogP contribution >= 0.6 is 0 Å². The second-order valence-electron chi connectivity index (χ2n) is 16.4. The molecule has 0 aliphatic rings. The lowest BCUT2D eigenvalue weighted by Crippen LogP contribution is -2.59. The summed E-state index contributed by atoms with van der Waals surface area (Å²) in [5.74, 6) is -4.55. The van der Waals surface area contributed by atoms with Gasteiger partial charge in [0.05, 0.1) is 13.0 Å². The van der Waals surface area contributed by atoms with Crippen LogP contribution in [0.4, 0.5) is 4.79 Å². The molecule has 0 bridgehead atoms. The number of aliphatic hydroxyl groups is 1. The zero-order valence-corrected chi connectivity index (χ0v) is 34.3. The topological polar surface area (TPSA) is 280 Å². The first kappa shape index (κ1) is 49.0. The molecule has 5 atom stereocenters. The van der Waals surface area contributed by atoms with Crippen LogP contribution in [0.2, 0.25) is 0 Å². The Morgan fingerprint density at radius 3 is 1.73 bits per heavy atom. The van der Waals surface area contributed by atoms with E-state index < -0.39 is 102 Å². The Bertz CT molecular complexity index is 1500. The minimum Gasteiger partial charge on any atom is -0.488 e. The highest BCUT2D eigenvalue weighted by atomic mass is 16.6. The third-order valence-electron chi connectivity index (χ3n) is 7.38. The predicted molar refractivity (Wildman–Crippen MR) is 207 cm³/mol. The van der Waals surface area contributed by atoms with Gasteiger partial charge in [-0.2, -0.15) is 0 Å². The fourth-order valence-corrected chi connectivity index (χ4v) is 4.79. The number of aliphatic hydroxyl groups excluding tert-OH is 1. The summed E-state index contributed by atoms with van der Waals surface area (Å²) in [6, 6.07) is 0.0417. The second-order valence-corrected chi connectivity index (χ2v) is 16.4. The highest BCUT2D eigenvalue weighted by Gasteiger charge is 2.33. The van der Waals surface area contributed by atoms with E-state index in [1.807, 2.05) is 20.8 Å². The first-order valence-electron chi connectivity index (χ1n) is 18.5. The summed E-state index contributed by atoms with van der Waals surface area (Å²) >= 11 is 0. The van der Waals surface area contributed by atoms with E-state index in [4.69, 9.17) is 25.7 Å². The van der Waals surface area contributed by atoms with Gasteiger partial charge < -0.3 is 57.4 Å². The van der Waals surface area contributed by atoms with Gasteiger partial charge in [-0.3, -0.25) is 28.8 Å². The van der Waals surface area contributed by atoms with Gasteiger partial charge in [-0.05, 0) is 106 Å². The molecule has 0 unspecified atom stereocenters. The number of ether oxygens (including phenoxy) is 3. The second kappa shape index (κ2) is 21.9. The number of hydrogen-bond acceptors (Lipinski definition) is 12. The number of nitrogens with one attached hydrogen (secondary N) is 5. The van der Waals surface area contributed by atoms with Crippen LogP contribution in [0.5, 0.6) is 5.75 Å². The van der Waals surface area contributed by atoms with Gasteiger partial charge in [0, 0.05) is 13.0 Å². The summed E-state index contributed by atoms with van der Waals surface area (Å²) in [5.41, 5.74) is 9.46. The molecule has 18 heteroatoms. The summed E-state index contributed by atoms with van der Waals surface area (Å²) in [6.07, 6.45) is -0.632. The molecule has 0 heterocycles. The quantitative estimate of drug-likeness (QED) is 0.0666. The van der Waals surface area contributed by atoms with Gasteiger partial charge in [-0.1, -0.05) is 12.1 Å². The van der Waals surface area contributed by atoms with Crippen LogP contribution in [0.15, 0.2) is 24.3 Å². The summed E-state index contributed by atoms with van der Waals surface area (Å²) in [7, 11) is 0. The van der Waals surface area contributed by atoms with Crippen LogP contribution in [0.1, 0.15) is 100 Å². The lowest BCUT2D eigenvalue weighted by molar-refractivity contribution is -0.156. The molecule has 56 heavy (non-hydrogen) atoms. The zero-order chi connectivity index (χ0) is 43.0. The van der Waals surface area contributed by atoms with Crippen LogP contribution in [0, 0.1) is 0 Å². The van der Waals surface area contributed by atoms with Gasteiger partial charge in [0.2, 0.25) is 29.5 Å². The number of primary amides is 1. The monoisotopic (exact) mass is 793 g/mol. The van der Waals surface area contributed by atoms with Crippen molar-refractivity contribution in [1.82, 2.24) is 26.6 Å². The average molecular weight is 794 g/mol. The lowest BCUT2D eigenvalue weighted by Gasteiger charge is -2.27. The number of hydrogen-bond donors (Lipinski definition) is 8. The van der Waals surface area contributed by atoms with Gasteiger partial charge in [0.15, 0.2) is 0 Å². The number of nitrogens with two attached hydrogens (primary N) is 2. The van der Waals surface area contributed by atoms with Crippen molar-refractivity contribution < 1.29 is 52.9 Å². The van der Waals surface area contributed by atoms with Crippen LogP contribution in [-0.2, 0) is 44.7 Å². The van der Waals surface area contributed by atoms with E-state index in [0.29, 0.717) is 24.2 Å². The molecule has 0 fully saturated rings. The highest BCUT2D eigenvalue weighted by Crippen LogP contribution is 2.20. The van der Waals surface area contributed by atoms with E-state index in [0.717, 1.165) is 0 Å². The van der Waals surface area contributed by atoms with Crippen LogP contribution in [0.3, 0.4) is 0 Å². The summed E-state index contributed by atoms with van der Waals surface area (Å²) in [6.45, 7) is 16.5. The first-order valence-corrected chi connectivity index (χ1v) is 18.5. The molecule has 0 aliphatic heterocycles. The molecular formula is C38H63N7O11. The predicted octanol–water partition coefficient (Wildman–Crippen LogP) is 0.597. The number of alkyl carbamates (subject to hydrolysis) is 1. The van der Waals surface area contributed by atoms with Crippen molar-refractivity contribution in [3.8, 4) is 5.75 Å². The van der Waals surface area contributed by atoms with Crippen molar-refractivity contribution in [2.75, 3.05) is 13.2 Å². The lowest BCUT2D eigenvalue weighted by atomic mass is 10.0. The molecular weight excluding hydrogens is 730 g/mol. The summed E-state index contributed by atoms with van der Waals surface area (Å²) < 4.78 is 16.5. The third kappa shape index (κ3) is 20.6. The molecule has 18 nitrogen and oxygen atoms in total. The van der Waals surface area contributed by atoms with E-state index in [-0.39, 0.29) is 19.4 Å². The largest absolute Gasteiger partial charge is 0.488 e. The SMILES string of the molecule is C[C@H](NC(=O)[C@H](CCCCNC(=O)OC(C)(C)C)NC(=O)[C@H](Cc1ccc(OC(C)(C)C)cc1)NC(=O)[C@H](CC(=O)OC(C)(C)C)NC(=O)[C@@H](N)CO)C(N)=O. The molecule has 0 aliphatic carbocycles. The molecule has 0 saturated heterocycles. The van der Waals surface area contributed by atoms with Gasteiger partial charge in [-0.15, -0.1) is 0 Å². The van der Waals surface area contributed by atoms with Crippen molar-refractivity contribution >= 4 is 41.6 Å². The number of benzene rings is 1. The van der Waals surface area contributed by atoms with Gasteiger partial charge >= 0.3 is 12.1 Å². The molecule has 6 amide bonds. The number of rotatable bonds is 20. The normalized spacial score (nSPS) is 14.4. The molecule has 316 valence electrons. The number of carbonyl (C=O) groups is 7. The Labute approximate surface area is 329 Å². The summed E-state index contributed by atoms with van der Waals surface area (Å²) in [5, 5.41) is 22.1. The minimum atomic E-state index is -1.58. The number of esters is 1. The van der Waals surface area contributed by atoms with E-state index in [1.165, 1.54) is 6.92 Å². The molecule has 10 N–H and O–H groups in total. The molecule has 1 aromatic carbocycles. The molecule has 1 rings (SSSR count). The maximum atomic E-state index is 14.1. The van der Waals surface area contributed by atoms with E-state index in [1.54, 1.807) is 65.8 Å². The molecule has 0 radical (unpaired) electrons. The fraction of sp³-hybridized carbons (Fsp3) is 0.658. The maximum Gasteiger partial charge on any atom is 0.407 e.